The quantitative estimate of drug-likeness (QED) is 0.654. The minimum atomic E-state index is -1.05. The number of benzene rings is 1. The van der Waals surface area contributed by atoms with Gasteiger partial charge in [0, 0.05) is 22.2 Å². The van der Waals surface area contributed by atoms with Crippen LogP contribution < -0.4 is 5.32 Å². The molecule has 0 saturated carbocycles. The van der Waals surface area contributed by atoms with E-state index in [9.17, 15) is 9.59 Å². The summed E-state index contributed by atoms with van der Waals surface area (Å²) in [6.45, 7) is 3.18. The maximum atomic E-state index is 12.4. The van der Waals surface area contributed by atoms with Gasteiger partial charge < -0.3 is 14.5 Å². The highest BCUT2D eigenvalue weighted by atomic mass is 35.5. The summed E-state index contributed by atoms with van der Waals surface area (Å²) in [5, 5.41) is 4.23. The number of hydrogen-bond donors (Lipinski definition) is 1. The number of amides is 1. The van der Waals surface area contributed by atoms with Crippen molar-refractivity contribution in [1.82, 2.24) is 4.98 Å². The van der Waals surface area contributed by atoms with Crippen LogP contribution in [-0.2, 0) is 9.53 Å². The number of anilines is 1. The van der Waals surface area contributed by atoms with Gasteiger partial charge in [-0.25, -0.2) is 9.78 Å². The van der Waals surface area contributed by atoms with Crippen LogP contribution in [0.15, 0.2) is 40.9 Å². The van der Waals surface area contributed by atoms with Gasteiger partial charge in [0.2, 0.25) is 5.76 Å². The zero-order valence-corrected chi connectivity index (χ0v) is 15.4. The number of aryl methyl sites for hydroxylation is 1. The maximum Gasteiger partial charge on any atom is 0.375 e. The largest absolute Gasteiger partial charge is 0.449 e. The van der Waals surface area contributed by atoms with Gasteiger partial charge in [0.25, 0.3) is 5.91 Å². The Kier molecular flexibility index (Phi) is 5.15. The topological polar surface area (TPSA) is 81.4 Å². The van der Waals surface area contributed by atoms with E-state index in [1.54, 1.807) is 37.3 Å². The second kappa shape index (κ2) is 7.35. The summed E-state index contributed by atoms with van der Waals surface area (Å²) in [6.07, 6.45) is 0.354. The molecule has 0 spiro atoms. The molecule has 1 aromatic carbocycles. The second-order valence-electron chi connectivity index (χ2n) is 5.60. The monoisotopic (exact) mass is 392 g/mol. The van der Waals surface area contributed by atoms with Crippen molar-refractivity contribution in [2.24, 2.45) is 0 Å². The molecule has 8 heteroatoms. The van der Waals surface area contributed by atoms with Crippen molar-refractivity contribution < 1.29 is 18.7 Å². The number of pyridine rings is 1. The highest BCUT2D eigenvalue weighted by Crippen LogP contribution is 2.28. The number of esters is 1. The standard InChI is InChI=1S/C18H14Cl2N2O4/c1-9-13-7-11(19)3-5-14(13)26-16(9)18(24)25-10(2)17(23)22-15-6-4-12(20)8-21-15/h3-8,10H,1-2H3,(H,21,22,23). The van der Waals surface area contributed by atoms with Gasteiger partial charge in [0.15, 0.2) is 6.10 Å². The van der Waals surface area contributed by atoms with E-state index in [4.69, 9.17) is 32.4 Å². The highest BCUT2D eigenvalue weighted by Gasteiger charge is 2.24. The lowest BCUT2D eigenvalue weighted by molar-refractivity contribution is -0.123. The summed E-state index contributed by atoms with van der Waals surface area (Å²) in [5.74, 6) is -0.921. The first-order valence-electron chi connectivity index (χ1n) is 7.67. The van der Waals surface area contributed by atoms with Crippen molar-refractivity contribution in [2.45, 2.75) is 20.0 Å². The van der Waals surface area contributed by atoms with Gasteiger partial charge in [-0.2, -0.15) is 0 Å². The number of carbonyl (C=O) groups excluding carboxylic acids is 2. The Bertz CT molecular complexity index is 983. The molecule has 0 fully saturated rings. The molecule has 0 aliphatic heterocycles. The smallest absolute Gasteiger partial charge is 0.375 e. The van der Waals surface area contributed by atoms with Gasteiger partial charge in [0.05, 0.1) is 5.02 Å². The average molecular weight is 393 g/mol. The Balaban J connectivity index is 1.71. The molecule has 0 aliphatic rings. The average Bonchev–Trinajstić information content (AvgIpc) is 2.93. The van der Waals surface area contributed by atoms with E-state index in [1.807, 2.05) is 0 Å². The Morgan fingerprint density at radius 2 is 1.92 bits per heavy atom. The minimum Gasteiger partial charge on any atom is -0.449 e. The number of rotatable bonds is 4. The number of furan rings is 1. The van der Waals surface area contributed by atoms with Gasteiger partial charge >= 0.3 is 5.97 Å². The first-order chi connectivity index (χ1) is 12.3. The molecule has 2 heterocycles. The van der Waals surface area contributed by atoms with Crippen LogP contribution in [0.25, 0.3) is 11.0 Å². The van der Waals surface area contributed by atoms with Crippen molar-refractivity contribution in [3.05, 3.63) is 57.9 Å². The Morgan fingerprint density at radius 3 is 2.62 bits per heavy atom. The first kappa shape index (κ1) is 18.2. The molecular formula is C18H14Cl2N2O4. The van der Waals surface area contributed by atoms with Crippen LogP contribution in [-0.4, -0.2) is 23.0 Å². The zero-order valence-electron chi connectivity index (χ0n) is 13.9. The van der Waals surface area contributed by atoms with Crippen molar-refractivity contribution in [1.29, 1.82) is 0 Å². The van der Waals surface area contributed by atoms with Crippen LogP contribution in [0.1, 0.15) is 23.0 Å². The number of nitrogens with zero attached hydrogens (tertiary/aromatic N) is 1. The van der Waals surface area contributed by atoms with E-state index in [-0.39, 0.29) is 5.76 Å². The van der Waals surface area contributed by atoms with Gasteiger partial charge in [-0.05, 0) is 44.2 Å². The third-order valence-electron chi connectivity index (χ3n) is 3.72. The van der Waals surface area contributed by atoms with Crippen LogP contribution in [0.2, 0.25) is 10.0 Å². The van der Waals surface area contributed by atoms with Crippen molar-refractivity contribution in [2.75, 3.05) is 5.32 Å². The lowest BCUT2D eigenvalue weighted by atomic mass is 10.1. The lowest BCUT2D eigenvalue weighted by Crippen LogP contribution is -2.30. The molecule has 1 N–H and O–H groups in total. The fraction of sp³-hybridized carbons (Fsp3) is 0.167. The van der Waals surface area contributed by atoms with Gasteiger partial charge in [-0.15, -0.1) is 0 Å². The fourth-order valence-electron chi connectivity index (χ4n) is 2.33. The third-order valence-corrected chi connectivity index (χ3v) is 4.17. The molecular weight excluding hydrogens is 379 g/mol. The normalized spacial score (nSPS) is 12.0. The molecule has 1 amide bonds. The zero-order chi connectivity index (χ0) is 18.8. The number of hydrogen-bond acceptors (Lipinski definition) is 5. The summed E-state index contributed by atoms with van der Waals surface area (Å²) in [5.41, 5.74) is 1.11. The summed E-state index contributed by atoms with van der Waals surface area (Å²) in [6, 6.07) is 8.17. The van der Waals surface area contributed by atoms with Crippen molar-refractivity contribution in [3.63, 3.8) is 0 Å². The van der Waals surface area contributed by atoms with E-state index < -0.39 is 18.0 Å². The number of nitrogens with one attached hydrogen (secondary N) is 1. The molecule has 2 aromatic heterocycles. The SMILES string of the molecule is Cc1c(C(=O)OC(C)C(=O)Nc2ccc(Cl)cn2)oc2ccc(Cl)cc12. The molecule has 134 valence electrons. The Hall–Kier alpha value is -2.57. The third kappa shape index (κ3) is 3.81. The lowest BCUT2D eigenvalue weighted by Gasteiger charge is -2.12. The van der Waals surface area contributed by atoms with Gasteiger partial charge in [-0.1, -0.05) is 23.2 Å². The number of aromatic nitrogens is 1. The van der Waals surface area contributed by atoms with Crippen LogP contribution >= 0.6 is 23.2 Å². The minimum absolute atomic E-state index is 0.0338. The molecule has 3 rings (SSSR count). The predicted octanol–water partition coefficient (Wildman–Crippen LogP) is 4.63. The molecule has 3 aromatic rings. The summed E-state index contributed by atoms with van der Waals surface area (Å²) in [4.78, 5) is 28.5. The number of fused-ring (bicyclic) bond motifs is 1. The van der Waals surface area contributed by atoms with Crippen LogP contribution in [0.4, 0.5) is 5.82 Å². The van der Waals surface area contributed by atoms with E-state index in [1.165, 1.54) is 13.1 Å². The molecule has 0 aliphatic carbocycles. The first-order valence-corrected chi connectivity index (χ1v) is 8.43. The Labute approximate surface area is 159 Å². The van der Waals surface area contributed by atoms with E-state index >= 15 is 0 Å². The molecule has 6 nitrogen and oxygen atoms in total. The predicted molar refractivity (Wildman–Crippen MR) is 98.7 cm³/mol. The Morgan fingerprint density at radius 1 is 1.19 bits per heavy atom. The van der Waals surface area contributed by atoms with Crippen LogP contribution in [0.3, 0.4) is 0 Å². The van der Waals surface area contributed by atoms with Crippen molar-refractivity contribution in [3.8, 4) is 0 Å². The highest BCUT2D eigenvalue weighted by molar-refractivity contribution is 6.31. The molecule has 1 unspecified atom stereocenters. The van der Waals surface area contributed by atoms with Crippen molar-refractivity contribution >= 4 is 51.9 Å². The second-order valence-corrected chi connectivity index (χ2v) is 6.47. The number of ether oxygens (including phenoxy) is 1. The molecule has 26 heavy (non-hydrogen) atoms. The summed E-state index contributed by atoms with van der Waals surface area (Å²) in [7, 11) is 0. The van der Waals surface area contributed by atoms with Gasteiger partial charge in [-0.3, -0.25) is 4.79 Å². The van der Waals surface area contributed by atoms with Crippen LogP contribution in [0.5, 0.6) is 0 Å². The fourth-order valence-corrected chi connectivity index (χ4v) is 2.62. The molecule has 0 bridgehead atoms. The van der Waals surface area contributed by atoms with E-state index in [2.05, 4.69) is 10.3 Å². The summed E-state index contributed by atoms with van der Waals surface area (Å²) >= 11 is 11.7. The van der Waals surface area contributed by atoms with Crippen LogP contribution in [0, 0.1) is 6.92 Å². The molecule has 0 radical (unpaired) electrons. The molecule has 0 saturated heterocycles. The number of halogens is 2. The van der Waals surface area contributed by atoms with Gasteiger partial charge in [0.1, 0.15) is 11.4 Å². The summed E-state index contributed by atoms with van der Waals surface area (Å²) < 4.78 is 10.7. The van der Waals surface area contributed by atoms with E-state index in [0.29, 0.717) is 32.4 Å². The number of carbonyl (C=O) groups is 2. The van der Waals surface area contributed by atoms with E-state index in [0.717, 1.165) is 0 Å². The molecule has 1 atom stereocenters. The maximum absolute atomic E-state index is 12.4.